The number of nitrogens with one attached hydrogen (secondary N) is 1. The van der Waals surface area contributed by atoms with E-state index in [4.69, 9.17) is 0 Å². The van der Waals surface area contributed by atoms with Crippen molar-refractivity contribution in [2.75, 3.05) is 28.3 Å². The number of hydrogen-bond acceptors (Lipinski definition) is 4. The van der Waals surface area contributed by atoms with Crippen molar-refractivity contribution in [1.82, 2.24) is 4.90 Å². The monoisotopic (exact) mass is 441 g/mol. The minimum Gasteiger partial charge on any atom is -0.325 e. The molecule has 2 heterocycles. The molecule has 3 amide bonds. The molecule has 2 aliphatic heterocycles. The lowest BCUT2D eigenvalue weighted by atomic mass is 10.1. The summed E-state index contributed by atoms with van der Waals surface area (Å²) in [5.74, 6) is -0.560. The van der Waals surface area contributed by atoms with E-state index in [1.165, 1.54) is 4.90 Å². The first-order chi connectivity index (χ1) is 14.5. The summed E-state index contributed by atoms with van der Waals surface area (Å²) in [6, 6.07) is 10.0. The number of sulfone groups is 1. The van der Waals surface area contributed by atoms with Crippen LogP contribution in [0.1, 0.15) is 22.3 Å². The highest BCUT2D eigenvalue weighted by atomic mass is 32.2. The molecule has 31 heavy (non-hydrogen) atoms. The molecule has 0 radical (unpaired) electrons. The van der Waals surface area contributed by atoms with E-state index in [0.29, 0.717) is 11.4 Å². The molecule has 0 aliphatic carbocycles. The zero-order valence-corrected chi connectivity index (χ0v) is 19.0. The summed E-state index contributed by atoms with van der Waals surface area (Å²) >= 11 is 0. The molecule has 2 aliphatic rings. The van der Waals surface area contributed by atoms with E-state index in [1.54, 1.807) is 4.90 Å². The molecule has 1 N–H and O–H groups in total. The van der Waals surface area contributed by atoms with Crippen LogP contribution in [0.25, 0.3) is 0 Å². The fourth-order valence-electron chi connectivity index (χ4n) is 4.53. The zero-order chi connectivity index (χ0) is 22.5. The van der Waals surface area contributed by atoms with Crippen molar-refractivity contribution in [2.24, 2.45) is 0 Å². The molecule has 2 saturated heterocycles. The Kier molecular flexibility index (Phi) is 5.29. The van der Waals surface area contributed by atoms with Gasteiger partial charge in [0.25, 0.3) is 0 Å². The maximum atomic E-state index is 13.3. The lowest BCUT2D eigenvalue weighted by Gasteiger charge is -2.23. The third-order valence-corrected chi connectivity index (χ3v) is 7.77. The molecule has 0 spiro atoms. The highest BCUT2D eigenvalue weighted by Gasteiger charge is 2.54. The lowest BCUT2D eigenvalue weighted by molar-refractivity contribution is -0.116. The first-order valence-electron chi connectivity index (χ1n) is 10.3. The smallest absolute Gasteiger partial charge is 0.325 e. The van der Waals surface area contributed by atoms with Gasteiger partial charge in [-0.3, -0.25) is 9.69 Å². The van der Waals surface area contributed by atoms with Crippen LogP contribution in [0.3, 0.4) is 0 Å². The highest BCUT2D eigenvalue weighted by molar-refractivity contribution is 7.91. The van der Waals surface area contributed by atoms with Crippen LogP contribution in [0.15, 0.2) is 36.4 Å². The van der Waals surface area contributed by atoms with Crippen molar-refractivity contribution in [3.05, 3.63) is 58.7 Å². The molecular formula is C23H27N3O4S. The Bertz CT molecular complexity index is 1160. The molecule has 0 saturated carbocycles. The number of urea groups is 1. The first kappa shape index (κ1) is 21.4. The SMILES string of the molecule is Cc1cc(C)cc(N2C(=O)N(CC(=O)Nc3ccc(C)c(C)c3)[C@@H]3CS(=O)(=O)C[C@@H]32)c1. The average Bonchev–Trinajstić information content (AvgIpc) is 3.08. The number of carbonyl (C=O) groups excluding carboxylic acids is 2. The quantitative estimate of drug-likeness (QED) is 0.739. The van der Waals surface area contributed by atoms with Gasteiger partial charge in [-0.05, 0) is 74.2 Å². The topological polar surface area (TPSA) is 86.8 Å². The maximum absolute atomic E-state index is 13.3. The van der Waals surface area contributed by atoms with Gasteiger partial charge in [0.2, 0.25) is 5.91 Å². The normalized spacial score (nSPS) is 22.0. The predicted molar refractivity (Wildman–Crippen MR) is 121 cm³/mol. The molecule has 0 aromatic heterocycles. The Balaban J connectivity index is 1.60. The van der Waals surface area contributed by atoms with Crippen molar-refractivity contribution < 1.29 is 18.0 Å². The van der Waals surface area contributed by atoms with Gasteiger partial charge in [-0.25, -0.2) is 13.2 Å². The Morgan fingerprint density at radius 3 is 2.26 bits per heavy atom. The number of anilines is 2. The third-order valence-electron chi connectivity index (χ3n) is 6.07. The number of rotatable bonds is 4. The van der Waals surface area contributed by atoms with Crippen molar-refractivity contribution >= 4 is 33.2 Å². The number of benzene rings is 2. The summed E-state index contributed by atoms with van der Waals surface area (Å²) in [7, 11) is -3.30. The number of carbonyl (C=O) groups is 2. The number of amides is 3. The van der Waals surface area contributed by atoms with Crippen LogP contribution >= 0.6 is 0 Å². The van der Waals surface area contributed by atoms with Gasteiger partial charge in [0.05, 0.1) is 23.6 Å². The van der Waals surface area contributed by atoms with Crippen LogP contribution in [-0.2, 0) is 14.6 Å². The van der Waals surface area contributed by atoms with Gasteiger partial charge in [0, 0.05) is 11.4 Å². The van der Waals surface area contributed by atoms with Crippen LogP contribution < -0.4 is 10.2 Å². The largest absolute Gasteiger partial charge is 0.325 e. The predicted octanol–water partition coefficient (Wildman–Crippen LogP) is 2.97. The number of nitrogens with zero attached hydrogens (tertiary/aromatic N) is 2. The molecule has 2 aromatic rings. The lowest BCUT2D eigenvalue weighted by Crippen LogP contribution is -2.42. The second kappa shape index (κ2) is 7.67. The van der Waals surface area contributed by atoms with Crippen LogP contribution in [0.2, 0.25) is 0 Å². The molecule has 0 unspecified atom stereocenters. The van der Waals surface area contributed by atoms with Gasteiger partial charge < -0.3 is 10.2 Å². The zero-order valence-electron chi connectivity index (χ0n) is 18.2. The standard InChI is InChI=1S/C23H27N3O4S/c1-14-7-15(2)9-19(8-14)26-21-13-31(29,30)12-20(21)25(23(26)28)11-22(27)24-18-6-5-16(3)17(4)10-18/h5-10,20-21H,11-13H2,1-4H3,(H,24,27)/t20-,21+/m1/s1. The summed E-state index contributed by atoms with van der Waals surface area (Å²) < 4.78 is 24.8. The Morgan fingerprint density at radius 2 is 1.61 bits per heavy atom. The summed E-state index contributed by atoms with van der Waals surface area (Å²) in [5, 5.41) is 2.83. The van der Waals surface area contributed by atoms with Crippen LogP contribution in [0, 0.1) is 27.7 Å². The fraction of sp³-hybridized carbons (Fsp3) is 0.391. The van der Waals surface area contributed by atoms with Gasteiger partial charge in [0.1, 0.15) is 6.54 Å². The summed E-state index contributed by atoms with van der Waals surface area (Å²) in [4.78, 5) is 29.0. The summed E-state index contributed by atoms with van der Waals surface area (Å²) in [6.07, 6.45) is 0. The molecule has 2 aromatic carbocycles. The van der Waals surface area contributed by atoms with Gasteiger partial charge in [-0.15, -0.1) is 0 Å². The molecule has 8 heteroatoms. The number of aryl methyl sites for hydroxylation is 4. The Labute approximate surface area is 183 Å². The van der Waals surface area contributed by atoms with E-state index >= 15 is 0 Å². The van der Waals surface area contributed by atoms with Crippen LogP contribution in [0.5, 0.6) is 0 Å². The van der Waals surface area contributed by atoms with Crippen molar-refractivity contribution in [3.63, 3.8) is 0 Å². The van der Waals surface area contributed by atoms with E-state index in [9.17, 15) is 18.0 Å². The van der Waals surface area contributed by atoms with E-state index in [2.05, 4.69) is 5.32 Å². The molecule has 2 fully saturated rings. The number of hydrogen-bond donors (Lipinski definition) is 1. The Hall–Kier alpha value is -2.87. The van der Waals surface area contributed by atoms with E-state index in [0.717, 1.165) is 22.3 Å². The summed E-state index contributed by atoms with van der Waals surface area (Å²) in [5.41, 5.74) is 5.49. The molecule has 4 rings (SSSR count). The fourth-order valence-corrected chi connectivity index (χ4v) is 6.48. The molecule has 2 atom stereocenters. The van der Waals surface area contributed by atoms with Crippen molar-refractivity contribution in [1.29, 1.82) is 0 Å². The average molecular weight is 442 g/mol. The van der Waals surface area contributed by atoms with Crippen molar-refractivity contribution in [2.45, 2.75) is 39.8 Å². The summed E-state index contributed by atoms with van der Waals surface area (Å²) in [6.45, 7) is 7.64. The second-order valence-corrected chi connectivity index (χ2v) is 10.8. The van der Waals surface area contributed by atoms with E-state index in [1.807, 2.05) is 64.1 Å². The minimum absolute atomic E-state index is 0.0916. The van der Waals surface area contributed by atoms with Crippen LogP contribution in [-0.4, -0.2) is 55.4 Å². The molecule has 0 bridgehead atoms. The first-order valence-corrected chi connectivity index (χ1v) is 12.1. The highest BCUT2D eigenvalue weighted by Crippen LogP contribution is 2.35. The molecular weight excluding hydrogens is 414 g/mol. The molecule has 7 nitrogen and oxygen atoms in total. The van der Waals surface area contributed by atoms with Gasteiger partial charge in [0.15, 0.2) is 9.84 Å². The van der Waals surface area contributed by atoms with Crippen LogP contribution in [0.4, 0.5) is 16.2 Å². The van der Waals surface area contributed by atoms with Gasteiger partial charge in [-0.2, -0.15) is 0 Å². The van der Waals surface area contributed by atoms with E-state index in [-0.39, 0.29) is 30.0 Å². The number of fused-ring (bicyclic) bond motifs is 1. The molecule has 164 valence electrons. The minimum atomic E-state index is -3.30. The van der Waals surface area contributed by atoms with Gasteiger partial charge in [-0.1, -0.05) is 12.1 Å². The second-order valence-electron chi connectivity index (χ2n) is 8.69. The maximum Gasteiger partial charge on any atom is 0.325 e. The third kappa shape index (κ3) is 4.17. The van der Waals surface area contributed by atoms with Crippen molar-refractivity contribution in [3.8, 4) is 0 Å². The van der Waals surface area contributed by atoms with Gasteiger partial charge >= 0.3 is 6.03 Å². The van der Waals surface area contributed by atoms with E-state index < -0.39 is 21.9 Å². The Morgan fingerprint density at radius 1 is 0.968 bits per heavy atom.